The molecule has 14 heteroatoms. The summed E-state index contributed by atoms with van der Waals surface area (Å²) >= 11 is 4.87. The van der Waals surface area contributed by atoms with Crippen molar-refractivity contribution < 1.29 is 25.7 Å². The van der Waals surface area contributed by atoms with Crippen LogP contribution in [0.3, 0.4) is 0 Å². The van der Waals surface area contributed by atoms with E-state index in [0.29, 0.717) is 33.8 Å². The molecule has 0 fully saturated rings. The molecule has 0 bridgehead atoms. The van der Waals surface area contributed by atoms with Gasteiger partial charge in [0.1, 0.15) is 11.5 Å². The second-order valence-electron chi connectivity index (χ2n) is 8.16. The SMILES string of the molecule is NC(=S)NN=C1c2cc(S(=O)(=O)NCc3ccco3)ccc2-c2ccc(S(=O)(=O)NCc3ccco3)cc21. The van der Waals surface area contributed by atoms with Gasteiger partial charge in [0.2, 0.25) is 20.0 Å². The van der Waals surface area contributed by atoms with Crippen LogP contribution in [-0.4, -0.2) is 27.7 Å². The van der Waals surface area contributed by atoms with Crippen LogP contribution in [0.1, 0.15) is 22.6 Å². The molecule has 4 aromatic rings. The average molecular weight is 572 g/mol. The Bertz CT molecular complexity index is 1630. The smallest absolute Gasteiger partial charge is 0.240 e. The number of hydrazone groups is 1. The standard InChI is InChI=1S/C24H21N5O6S3/c25-24(36)29-28-23-21-11-17(37(30,31)26-13-15-3-1-9-34-15)5-7-19(21)20-8-6-18(12-22(20)23)38(32,33)27-14-16-4-2-10-35-16/h1-12,26-27H,13-14H2,(H3,25,29,36). The van der Waals surface area contributed by atoms with Crippen LogP contribution in [0.4, 0.5) is 0 Å². The number of hydrogen-bond donors (Lipinski definition) is 4. The van der Waals surface area contributed by atoms with E-state index in [9.17, 15) is 16.8 Å². The van der Waals surface area contributed by atoms with E-state index in [0.717, 1.165) is 0 Å². The molecule has 196 valence electrons. The number of thiocarbonyl (C=S) groups is 1. The molecule has 0 spiro atoms. The number of nitrogens with zero attached hydrogens (tertiary/aromatic N) is 1. The summed E-state index contributed by atoms with van der Waals surface area (Å²) in [5, 5.41) is 4.15. The highest BCUT2D eigenvalue weighted by molar-refractivity contribution is 7.89. The van der Waals surface area contributed by atoms with Crippen molar-refractivity contribution in [2.45, 2.75) is 22.9 Å². The molecule has 0 atom stereocenters. The number of benzene rings is 2. The number of hydrogen-bond acceptors (Lipinski definition) is 8. The Morgan fingerprint density at radius 3 is 1.63 bits per heavy atom. The van der Waals surface area contributed by atoms with Gasteiger partial charge in [-0.05, 0) is 71.9 Å². The molecule has 5 N–H and O–H groups in total. The first-order valence-electron chi connectivity index (χ1n) is 11.1. The molecule has 0 unspecified atom stereocenters. The number of nitrogens with one attached hydrogen (secondary N) is 3. The molecule has 1 aliphatic rings. The van der Waals surface area contributed by atoms with Gasteiger partial charge in [-0.3, -0.25) is 5.43 Å². The molecular formula is C24H21N5O6S3. The van der Waals surface area contributed by atoms with Gasteiger partial charge in [0.05, 0.1) is 41.1 Å². The van der Waals surface area contributed by atoms with Crippen LogP contribution in [0.5, 0.6) is 0 Å². The second kappa shape index (κ2) is 10.2. The molecule has 0 aliphatic heterocycles. The van der Waals surface area contributed by atoms with E-state index in [2.05, 4.69) is 20.0 Å². The number of fused-ring (bicyclic) bond motifs is 3. The molecule has 0 saturated heterocycles. The molecule has 0 radical (unpaired) electrons. The molecule has 1 aliphatic carbocycles. The molecule has 38 heavy (non-hydrogen) atoms. The number of sulfonamides is 2. The Balaban J connectivity index is 1.50. The van der Waals surface area contributed by atoms with E-state index in [1.54, 1.807) is 36.4 Å². The van der Waals surface area contributed by atoms with Crippen LogP contribution in [0.2, 0.25) is 0 Å². The Kier molecular flexibility index (Phi) is 6.90. The molecular weight excluding hydrogens is 550 g/mol. The van der Waals surface area contributed by atoms with Gasteiger partial charge in [0, 0.05) is 11.1 Å². The number of rotatable bonds is 9. The van der Waals surface area contributed by atoms with Crippen LogP contribution < -0.4 is 20.6 Å². The monoisotopic (exact) mass is 571 g/mol. The summed E-state index contributed by atoms with van der Waals surface area (Å²) in [6.07, 6.45) is 2.91. The van der Waals surface area contributed by atoms with Gasteiger partial charge in [-0.2, -0.15) is 5.10 Å². The van der Waals surface area contributed by atoms with Crippen molar-refractivity contribution >= 4 is 43.1 Å². The van der Waals surface area contributed by atoms with Crippen molar-refractivity contribution in [3.8, 4) is 11.1 Å². The predicted molar refractivity (Wildman–Crippen MR) is 143 cm³/mol. The summed E-state index contributed by atoms with van der Waals surface area (Å²) < 4.78 is 67.3. The van der Waals surface area contributed by atoms with Crippen LogP contribution in [0.15, 0.2) is 96.9 Å². The van der Waals surface area contributed by atoms with Crippen LogP contribution in [0.25, 0.3) is 11.1 Å². The lowest BCUT2D eigenvalue weighted by molar-refractivity contribution is 0.498. The van der Waals surface area contributed by atoms with E-state index in [1.165, 1.54) is 36.8 Å². The second-order valence-corrected chi connectivity index (χ2v) is 12.1. The molecule has 0 saturated carbocycles. The molecule has 2 heterocycles. The number of furan rings is 2. The Labute approximate surface area is 223 Å². The van der Waals surface area contributed by atoms with E-state index in [-0.39, 0.29) is 33.7 Å². The van der Waals surface area contributed by atoms with E-state index >= 15 is 0 Å². The normalized spacial score (nSPS) is 12.7. The lowest BCUT2D eigenvalue weighted by Crippen LogP contribution is -2.26. The van der Waals surface area contributed by atoms with Gasteiger partial charge in [-0.15, -0.1) is 0 Å². The zero-order valence-corrected chi connectivity index (χ0v) is 22.0. The van der Waals surface area contributed by atoms with Gasteiger partial charge in [0.25, 0.3) is 0 Å². The minimum Gasteiger partial charge on any atom is -0.468 e. The first kappa shape index (κ1) is 25.8. The lowest BCUT2D eigenvalue weighted by atomic mass is 10.1. The highest BCUT2D eigenvalue weighted by Crippen LogP contribution is 2.39. The zero-order chi connectivity index (χ0) is 26.9. The minimum atomic E-state index is -3.91. The Hall–Kier alpha value is -3.82. The van der Waals surface area contributed by atoms with E-state index in [4.69, 9.17) is 26.8 Å². The maximum atomic E-state index is 13.0. The van der Waals surface area contributed by atoms with Gasteiger partial charge in [-0.1, -0.05) is 12.1 Å². The first-order valence-corrected chi connectivity index (χ1v) is 14.5. The number of nitrogens with two attached hydrogens (primary N) is 1. The third-order valence-electron chi connectivity index (χ3n) is 5.71. The minimum absolute atomic E-state index is 0.00778. The Morgan fingerprint density at radius 1 is 0.763 bits per heavy atom. The summed E-state index contributed by atoms with van der Waals surface area (Å²) in [6, 6.07) is 15.8. The van der Waals surface area contributed by atoms with Gasteiger partial charge in [-0.25, -0.2) is 26.3 Å². The fraction of sp³-hybridized carbons (Fsp3) is 0.0833. The average Bonchev–Trinajstić information content (AvgIpc) is 3.65. The molecule has 2 aromatic heterocycles. The summed E-state index contributed by atoms with van der Waals surface area (Å²) in [6.45, 7) is -0.0500. The summed E-state index contributed by atoms with van der Waals surface area (Å²) in [5.74, 6) is 0.916. The quantitative estimate of drug-likeness (QED) is 0.153. The summed E-state index contributed by atoms with van der Waals surface area (Å²) in [4.78, 5) is -0.0156. The lowest BCUT2D eigenvalue weighted by Gasteiger charge is -2.09. The summed E-state index contributed by atoms with van der Waals surface area (Å²) in [7, 11) is -7.82. The van der Waals surface area contributed by atoms with Crippen molar-refractivity contribution in [2.24, 2.45) is 10.8 Å². The van der Waals surface area contributed by atoms with Crippen LogP contribution in [-0.2, 0) is 33.1 Å². The predicted octanol–water partition coefficient (Wildman–Crippen LogP) is 2.40. The van der Waals surface area contributed by atoms with E-state index < -0.39 is 20.0 Å². The highest BCUT2D eigenvalue weighted by Gasteiger charge is 2.29. The highest BCUT2D eigenvalue weighted by atomic mass is 32.2. The third-order valence-corrected chi connectivity index (χ3v) is 8.60. The maximum absolute atomic E-state index is 13.0. The summed E-state index contributed by atoms with van der Waals surface area (Å²) in [5.41, 5.74) is 10.6. The largest absolute Gasteiger partial charge is 0.468 e. The van der Waals surface area contributed by atoms with Gasteiger partial charge >= 0.3 is 0 Å². The topological polar surface area (TPSA) is 169 Å². The fourth-order valence-electron chi connectivity index (χ4n) is 3.94. The molecule has 5 rings (SSSR count). The Morgan fingerprint density at radius 2 is 1.24 bits per heavy atom. The molecule has 2 aromatic carbocycles. The third kappa shape index (κ3) is 5.25. The van der Waals surface area contributed by atoms with Crippen molar-refractivity contribution in [1.29, 1.82) is 0 Å². The van der Waals surface area contributed by atoms with Crippen molar-refractivity contribution in [2.75, 3.05) is 0 Å². The van der Waals surface area contributed by atoms with E-state index in [1.807, 2.05) is 0 Å². The van der Waals surface area contributed by atoms with Crippen LogP contribution in [0, 0.1) is 0 Å². The molecule has 0 amide bonds. The molecule has 11 nitrogen and oxygen atoms in total. The van der Waals surface area contributed by atoms with Gasteiger partial charge in [0.15, 0.2) is 5.11 Å². The zero-order valence-electron chi connectivity index (χ0n) is 19.5. The fourth-order valence-corrected chi connectivity index (χ4v) is 6.03. The van der Waals surface area contributed by atoms with Crippen molar-refractivity contribution in [1.82, 2.24) is 14.9 Å². The maximum Gasteiger partial charge on any atom is 0.240 e. The van der Waals surface area contributed by atoms with Crippen LogP contribution >= 0.6 is 12.2 Å². The first-order chi connectivity index (χ1) is 18.1. The van der Waals surface area contributed by atoms with Gasteiger partial charge < -0.3 is 14.6 Å². The van der Waals surface area contributed by atoms with Crippen molar-refractivity contribution in [3.63, 3.8) is 0 Å². The van der Waals surface area contributed by atoms with Crippen molar-refractivity contribution in [3.05, 3.63) is 95.8 Å².